The molecule has 13 heavy (non-hydrogen) atoms. The first-order valence-corrected chi connectivity index (χ1v) is 4.29. The van der Waals surface area contributed by atoms with Crippen LogP contribution in [0, 0.1) is 6.92 Å². The monoisotopic (exact) mass is 207 g/mol. The molecule has 0 aliphatic heterocycles. The Morgan fingerprint density at radius 3 is 2.31 bits per heavy atom. The van der Waals surface area contributed by atoms with Gasteiger partial charge >= 0.3 is 0 Å². The van der Waals surface area contributed by atoms with Crippen molar-refractivity contribution in [3.8, 4) is 0 Å². The Labute approximate surface area is 91.2 Å². The normalized spacial score (nSPS) is 13.8. The molecule has 1 heteroatoms. The number of hydrogen-bond acceptors (Lipinski definition) is 0. The summed E-state index contributed by atoms with van der Waals surface area (Å²) in [5.41, 5.74) is 4.10. The van der Waals surface area contributed by atoms with E-state index in [0.29, 0.717) is 0 Å². The topological polar surface area (TPSA) is 0 Å². The van der Waals surface area contributed by atoms with Gasteiger partial charge in [0, 0.05) is 18.6 Å². The Bertz CT molecular complexity index is 331. The molecule has 1 aromatic rings. The predicted molar refractivity (Wildman–Crippen MR) is 52.9 cm³/mol. The molecule has 0 fully saturated rings. The second-order valence-corrected chi connectivity index (χ2v) is 3.19. The average molecular weight is 207 g/mol. The fourth-order valence-corrected chi connectivity index (χ4v) is 1.43. The van der Waals surface area contributed by atoms with Crippen LogP contribution in [-0.4, -0.2) is 0 Å². The molecular formula is C12H12V. The first-order chi connectivity index (χ1) is 5.86. The Morgan fingerprint density at radius 2 is 1.77 bits per heavy atom. The van der Waals surface area contributed by atoms with E-state index in [1.165, 1.54) is 16.7 Å². The van der Waals surface area contributed by atoms with Gasteiger partial charge in [-0.3, -0.25) is 0 Å². The molecule has 2 rings (SSSR count). The molecule has 0 unspecified atom stereocenters. The van der Waals surface area contributed by atoms with Gasteiger partial charge in [-0.25, -0.2) is 0 Å². The molecule has 0 atom stereocenters. The molecule has 0 saturated heterocycles. The van der Waals surface area contributed by atoms with Gasteiger partial charge in [0.15, 0.2) is 0 Å². The summed E-state index contributed by atoms with van der Waals surface area (Å²) in [5, 5.41) is 0. The number of rotatable bonds is 1. The Hall–Kier alpha value is -0.716. The SMILES string of the molecule is Cc1ccc(C2=CC=CC2)cc1.[V]. The third-order valence-corrected chi connectivity index (χ3v) is 2.19. The third-order valence-electron chi connectivity index (χ3n) is 2.19. The second-order valence-electron chi connectivity index (χ2n) is 3.19. The van der Waals surface area contributed by atoms with E-state index in [0.717, 1.165) is 6.42 Å². The first-order valence-electron chi connectivity index (χ1n) is 4.29. The molecule has 65 valence electrons. The van der Waals surface area contributed by atoms with Gasteiger partial charge < -0.3 is 0 Å². The van der Waals surface area contributed by atoms with Gasteiger partial charge in [0.2, 0.25) is 0 Å². The van der Waals surface area contributed by atoms with Crippen molar-refractivity contribution in [3.05, 3.63) is 53.6 Å². The van der Waals surface area contributed by atoms with Crippen LogP contribution in [0.15, 0.2) is 42.5 Å². The molecule has 0 aromatic heterocycles. The molecule has 0 heterocycles. The molecular weight excluding hydrogens is 195 g/mol. The maximum absolute atomic E-state index is 2.19. The second kappa shape index (κ2) is 4.50. The number of benzene rings is 1. The minimum atomic E-state index is 0. The summed E-state index contributed by atoms with van der Waals surface area (Å²) in [5.74, 6) is 0. The van der Waals surface area contributed by atoms with Crippen LogP contribution in [0.4, 0.5) is 0 Å². The minimum absolute atomic E-state index is 0. The Morgan fingerprint density at radius 1 is 1.08 bits per heavy atom. The van der Waals surface area contributed by atoms with Crippen molar-refractivity contribution in [1.82, 2.24) is 0 Å². The number of allylic oxidation sites excluding steroid dienone is 4. The summed E-state index contributed by atoms with van der Waals surface area (Å²) in [7, 11) is 0. The van der Waals surface area contributed by atoms with Gasteiger partial charge in [-0.15, -0.1) is 0 Å². The van der Waals surface area contributed by atoms with Crippen LogP contribution in [0.1, 0.15) is 17.5 Å². The Balaban J connectivity index is 0.000000845. The molecule has 0 bridgehead atoms. The van der Waals surface area contributed by atoms with Gasteiger partial charge in [0.1, 0.15) is 0 Å². The van der Waals surface area contributed by atoms with Crippen LogP contribution in [0.5, 0.6) is 0 Å². The summed E-state index contributed by atoms with van der Waals surface area (Å²) < 4.78 is 0. The fourth-order valence-electron chi connectivity index (χ4n) is 1.43. The van der Waals surface area contributed by atoms with Crippen molar-refractivity contribution in [2.75, 3.05) is 0 Å². The van der Waals surface area contributed by atoms with Gasteiger partial charge in [0.05, 0.1) is 0 Å². The zero-order valence-electron chi connectivity index (χ0n) is 7.70. The van der Waals surface area contributed by atoms with Crippen LogP contribution in [0.3, 0.4) is 0 Å². The van der Waals surface area contributed by atoms with E-state index in [9.17, 15) is 0 Å². The van der Waals surface area contributed by atoms with Crippen molar-refractivity contribution < 1.29 is 18.6 Å². The maximum Gasteiger partial charge on any atom is 0 e. The van der Waals surface area contributed by atoms with E-state index in [2.05, 4.69) is 49.4 Å². The van der Waals surface area contributed by atoms with E-state index in [-0.39, 0.29) is 18.6 Å². The predicted octanol–water partition coefficient (Wildman–Crippen LogP) is 3.34. The van der Waals surface area contributed by atoms with E-state index in [4.69, 9.17) is 0 Å². The summed E-state index contributed by atoms with van der Waals surface area (Å²) in [6, 6.07) is 8.70. The summed E-state index contributed by atoms with van der Waals surface area (Å²) in [4.78, 5) is 0. The first kappa shape index (κ1) is 10.4. The quantitative estimate of drug-likeness (QED) is 0.662. The van der Waals surface area contributed by atoms with E-state index in [1.54, 1.807) is 0 Å². The minimum Gasteiger partial charge on any atom is -0.0801 e. The molecule has 1 aliphatic rings. The van der Waals surface area contributed by atoms with Crippen molar-refractivity contribution in [2.45, 2.75) is 13.3 Å². The molecule has 1 aromatic carbocycles. The van der Waals surface area contributed by atoms with Crippen LogP contribution >= 0.6 is 0 Å². The van der Waals surface area contributed by atoms with Gasteiger partial charge in [-0.1, -0.05) is 48.1 Å². The van der Waals surface area contributed by atoms with Crippen LogP contribution in [0.25, 0.3) is 5.57 Å². The summed E-state index contributed by atoms with van der Waals surface area (Å²) >= 11 is 0. The van der Waals surface area contributed by atoms with Gasteiger partial charge in [-0.05, 0) is 24.5 Å². The smallest absolute Gasteiger partial charge is 0 e. The zero-order chi connectivity index (χ0) is 8.39. The van der Waals surface area contributed by atoms with Crippen molar-refractivity contribution in [3.63, 3.8) is 0 Å². The largest absolute Gasteiger partial charge is 0.0801 e. The standard InChI is InChI=1S/C12H12.V/c1-10-6-8-12(9-7-10)11-4-2-3-5-11;/h2-4,6-9H,5H2,1H3;. The van der Waals surface area contributed by atoms with Gasteiger partial charge in [0.25, 0.3) is 0 Å². The third kappa shape index (κ3) is 2.36. The number of aryl methyl sites for hydroxylation is 1. The van der Waals surface area contributed by atoms with E-state index in [1.807, 2.05) is 0 Å². The maximum atomic E-state index is 2.19. The number of hydrogen-bond donors (Lipinski definition) is 0. The fraction of sp³-hybridized carbons (Fsp3) is 0.167. The van der Waals surface area contributed by atoms with E-state index >= 15 is 0 Å². The summed E-state index contributed by atoms with van der Waals surface area (Å²) in [6.07, 6.45) is 7.58. The van der Waals surface area contributed by atoms with Crippen molar-refractivity contribution in [2.24, 2.45) is 0 Å². The Kier molecular flexibility index (Phi) is 3.59. The zero-order valence-corrected chi connectivity index (χ0v) is 9.09. The molecule has 1 radical (unpaired) electrons. The molecule has 0 spiro atoms. The molecule has 0 saturated carbocycles. The van der Waals surface area contributed by atoms with E-state index < -0.39 is 0 Å². The van der Waals surface area contributed by atoms with Crippen molar-refractivity contribution in [1.29, 1.82) is 0 Å². The molecule has 0 nitrogen and oxygen atoms in total. The van der Waals surface area contributed by atoms with Crippen LogP contribution in [-0.2, 0) is 18.6 Å². The van der Waals surface area contributed by atoms with Crippen LogP contribution < -0.4 is 0 Å². The molecule has 0 N–H and O–H groups in total. The van der Waals surface area contributed by atoms with Gasteiger partial charge in [-0.2, -0.15) is 0 Å². The van der Waals surface area contributed by atoms with Crippen LogP contribution in [0.2, 0.25) is 0 Å². The molecule has 0 amide bonds. The average Bonchev–Trinajstić information content (AvgIpc) is 2.58. The molecule has 1 aliphatic carbocycles. The van der Waals surface area contributed by atoms with Crippen molar-refractivity contribution >= 4 is 5.57 Å². The summed E-state index contributed by atoms with van der Waals surface area (Å²) in [6.45, 7) is 2.12.